The SMILES string of the molecule is Oc1ccc(SCCc2ccsc2)c2ccccc12. The Labute approximate surface area is 120 Å². The molecule has 3 heteroatoms. The van der Waals surface area contributed by atoms with E-state index in [1.54, 1.807) is 17.4 Å². The lowest BCUT2D eigenvalue weighted by atomic mass is 10.1. The molecule has 0 amide bonds. The van der Waals surface area contributed by atoms with Crippen LogP contribution < -0.4 is 0 Å². The van der Waals surface area contributed by atoms with Gasteiger partial charge in [0, 0.05) is 16.0 Å². The van der Waals surface area contributed by atoms with Gasteiger partial charge in [0.2, 0.25) is 0 Å². The number of fused-ring (bicyclic) bond motifs is 1. The van der Waals surface area contributed by atoms with E-state index in [1.165, 1.54) is 10.5 Å². The minimum atomic E-state index is 0.359. The molecule has 0 unspecified atom stereocenters. The Morgan fingerprint density at radius 2 is 1.84 bits per heavy atom. The standard InChI is InChI=1S/C16H14OS2/c17-15-5-6-16(14-4-2-1-3-13(14)15)19-10-8-12-7-9-18-11-12/h1-7,9,11,17H,8,10H2. The number of hydrogen-bond donors (Lipinski definition) is 1. The van der Waals surface area contributed by atoms with Gasteiger partial charge in [-0.1, -0.05) is 24.3 Å². The van der Waals surface area contributed by atoms with Crippen LogP contribution in [0.3, 0.4) is 0 Å². The number of aromatic hydroxyl groups is 1. The number of aryl methyl sites for hydroxylation is 1. The summed E-state index contributed by atoms with van der Waals surface area (Å²) < 4.78 is 0. The second-order valence-corrected chi connectivity index (χ2v) is 6.28. The molecule has 0 saturated carbocycles. The molecule has 0 radical (unpaired) electrons. The smallest absolute Gasteiger partial charge is 0.123 e. The van der Waals surface area contributed by atoms with Crippen LogP contribution in [-0.2, 0) is 6.42 Å². The van der Waals surface area contributed by atoms with Crippen LogP contribution >= 0.6 is 23.1 Å². The van der Waals surface area contributed by atoms with E-state index in [1.807, 2.05) is 36.0 Å². The van der Waals surface area contributed by atoms with E-state index >= 15 is 0 Å². The summed E-state index contributed by atoms with van der Waals surface area (Å²) >= 11 is 3.60. The Balaban J connectivity index is 1.79. The number of rotatable bonds is 4. The lowest BCUT2D eigenvalue weighted by Crippen LogP contribution is -1.86. The molecule has 1 N–H and O–H groups in total. The number of phenols is 1. The van der Waals surface area contributed by atoms with E-state index in [-0.39, 0.29) is 0 Å². The van der Waals surface area contributed by atoms with Gasteiger partial charge in [-0.2, -0.15) is 11.3 Å². The fraction of sp³-hybridized carbons (Fsp3) is 0.125. The number of benzene rings is 2. The second-order valence-electron chi connectivity index (χ2n) is 4.36. The lowest BCUT2D eigenvalue weighted by molar-refractivity contribution is 0.481. The first kappa shape index (κ1) is 12.6. The summed E-state index contributed by atoms with van der Waals surface area (Å²) in [7, 11) is 0. The predicted molar refractivity (Wildman–Crippen MR) is 84.4 cm³/mol. The van der Waals surface area contributed by atoms with Gasteiger partial charge in [-0.3, -0.25) is 0 Å². The monoisotopic (exact) mass is 286 g/mol. The maximum absolute atomic E-state index is 9.86. The fourth-order valence-corrected chi connectivity index (χ4v) is 3.85. The quantitative estimate of drug-likeness (QED) is 0.685. The Kier molecular flexibility index (Phi) is 3.76. The summed E-state index contributed by atoms with van der Waals surface area (Å²) in [6.07, 6.45) is 1.09. The van der Waals surface area contributed by atoms with Crippen molar-refractivity contribution in [1.82, 2.24) is 0 Å². The largest absolute Gasteiger partial charge is 0.507 e. The Morgan fingerprint density at radius 3 is 2.63 bits per heavy atom. The third kappa shape index (κ3) is 2.77. The lowest BCUT2D eigenvalue weighted by Gasteiger charge is -2.07. The second kappa shape index (κ2) is 5.68. The van der Waals surface area contributed by atoms with Crippen molar-refractivity contribution in [3.63, 3.8) is 0 Å². The summed E-state index contributed by atoms with van der Waals surface area (Å²) in [5, 5.41) is 16.3. The minimum absolute atomic E-state index is 0.359. The van der Waals surface area contributed by atoms with E-state index in [0.29, 0.717) is 5.75 Å². The molecule has 2 aromatic carbocycles. The number of thiophene rings is 1. The zero-order valence-corrected chi connectivity index (χ0v) is 12.0. The first-order chi connectivity index (χ1) is 9.34. The van der Waals surface area contributed by atoms with Gasteiger partial charge in [-0.15, -0.1) is 11.8 Å². The molecule has 0 fully saturated rings. The van der Waals surface area contributed by atoms with Gasteiger partial charge in [0.15, 0.2) is 0 Å². The molecule has 0 saturated heterocycles. The summed E-state index contributed by atoms with van der Waals surface area (Å²) in [4.78, 5) is 1.24. The van der Waals surface area contributed by atoms with Crippen molar-refractivity contribution >= 4 is 33.9 Å². The topological polar surface area (TPSA) is 20.2 Å². The van der Waals surface area contributed by atoms with E-state index in [4.69, 9.17) is 0 Å². The molecule has 3 rings (SSSR count). The third-order valence-electron chi connectivity index (χ3n) is 3.09. The van der Waals surface area contributed by atoms with E-state index in [0.717, 1.165) is 22.9 Å². The minimum Gasteiger partial charge on any atom is -0.507 e. The Morgan fingerprint density at radius 1 is 1.00 bits per heavy atom. The highest BCUT2D eigenvalue weighted by Gasteiger charge is 2.05. The molecule has 19 heavy (non-hydrogen) atoms. The van der Waals surface area contributed by atoms with Crippen LogP contribution in [-0.4, -0.2) is 10.9 Å². The van der Waals surface area contributed by atoms with Crippen molar-refractivity contribution in [2.45, 2.75) is 11.3 Å². The molecule has 3 aromatic rings. The summed E-state index contributed by atoms with van der Waals surface area (Å²) in [6.45, 7) is 0. The number of phenolic OH excluding ortho intramolecular Hbond substituents is 1. The van der Waals surface area contributed by atoms with Crippen LogP contribution in [0.15, 0.2) is 58.1 Å². The molecule has 0 aliphatic carbocycles. The summed E-state index contributed by atoms with van der Waals surface area (Å²) in [6, 6.07) is 14.0. The van der Waals surface area contributed by atoms with Crippen molar-refractivity contribution in [2.75, 3.05) is 5.75 Å². The predicted octanol–water partition coefficient (Wildman–Crippen LogP) is 4.94. The summed E-state index contributed by atoms with van der Waals surface area (Å²) in [5.74, 6) is 1.42. The fourth-order valence-electron chi connectivity index (χ4n) is 2.10. The van der Waals surface area contributed by atoms with Crippen molar-refractivity contribution in [2.24, 2.45) is 0 Å². The van der Waals surface area contributed by atoms with Gasteiger partial charge >= 0.3 is 0 Å². The molecular formula is C16H14OS2. The molecule has 0 aliphatic heterocycles. The molecular weight excluding hydrogens is 272 g/mol. The van der Waals surface area contributed by atoms with Crippen LogP contribution in [0.1, 0.15) is 5.56 Å². The van der Waals surface area contributed by atoms with Crippen molar-refractivity contribution in [1.29, 1.82) is 0 Å². The first-order valence-corrected chi connectivity index (χ1v) is 8.12. The van der Waals surface area contributed by atoms with Gasteiger partial charge in [0.25, 0.3) is 0 Å². The van der Waals surface area contributed by atoms with Gasteiger partial charge < -0.3 is 5.11 Å². The molecule has 0 aliphatic rings. The molecule has 0 bridgehead atoms. The van der Waals surface area contributed by atoms with Crippen LogP contribution in [0.4, 0.5) is 0 Å². The zero-order chi connectivity index (χ0) is 13.1. The van der Waals surface area contributed by atoms with Crippen LogP contribution in [0.5, 0.6) is 5.75 Å². The van der Waals surface area contributed by atoms with Crippen LogP contribution in [0.2, 0.25) is 0 Å². The Bertz CT molecular complexity index is 674. The van der Waals surface area contributed by atoms with Crippen LogP contribution in [0.25, 0.3) is 10.8 Å². The zero-order valence-electron chi connectivity index (χ0n) is 10.4. The highest BCUT2D eigenvalue weighted by atomic mass is 32.2. The molecule has 1 heterocycles. The molecule has 96 valence electrons. The average Bonchev–Trinajstić information content (AvgIpc) is 2.95. The van der Waals surface area contributed by atoms with E-state index < -0.39 is 0 Å². The highest BCUT2D eigenvalue weighted by Crippen LogP contribution is 2.33. The van der Waals surface area contributed by atoms with Gasteiger partial charge in [-0.05, 0) is 46.3 Å². The highest BCUT2D eigenvalue weighted by molar-refractivity contribution is 7.99. The van der Waals surface area contributed by atoms with Crippen molar-refractivity contribution < 1.29 is 5.11 Å². The molecule has 1 aromatic heterocycles. The van der Waals surface area contributed by atoms with Crippen molar-refractivity contribution in [3.8, 4) is 5.75 Å². The molecule has 0 spiro atoms. The van der Waals surface area contributed by atoms with Gasteiger partial charge in [0.1, 0.15) is 5.75 Å². The van der Waals surface area contributed by atoms with Crippen LogP contribution in [0, 0.1) is 0 Å². The van der Waals surface area contributed by atoms with E-state index in [2.05, 4.69) is 22.9 Å². The Hall–Kier alpha value is -1.45. The van der Waals surface area contributed by atoms with Gasteiger partial charge in [-0.25, -0.2) is 0 Å². The maximum Gasteiger partial charge on any atom is 0.123 e. The summed E-state index contributed by atoms with van der Waals surface area (Å²) in [5.41, 5.74) is 1.40. The van der Waals surface area contributed by atoms with Crippen molar-refractivity contribution in [3.05, 3.63) is 58.8 Å². The number of thioether (sulfide) groups is 1. The molecule has 0 atom stereocenters. The van der Waals surface area contributed by atoms with Gasteiger partial charge in [0.05, 0.1) is 0 Å². The molecule has 1 nitrogen and oxygen atoms in total. The average molecular weight is 286 g/mol. The maximum atomic E-state index is 9.86. The normalized spacial score (nSPS) is 10.9. The number of hydrogen-bond acceptors (Lipinski definition) is 3. The first-order valence-electron chi connectivity index (χ1n) is 6.19. The third-order valence-corrected chi connectivity index (χ3v) is 4.90. The van der Waals surface area contributed by atoms with E-state index in [9.17, 15) is 5.11 Å².